The fourth-order valence-electron chi connectivity index (χ4n) is 1.89. The highest BCUT2D eigenvalue weighted by atomic mass is 32.2. The molecule has 0 aliphatic heterocycles. The van der Waals surface area contributed by atoms with Crippen LogP contribution in [0.25, 0.3) is 0 Å². The molecule has 5 nitrogen and oxygen atoms in total. The van der Waals surface area contributed by atoms with E-state index < -0.39 is 0 Å². The molecule has 2 aromatic rings. The molecule has 2 rings (SSSR count). The number of ether oxygens (including phenoxy) is 2. The van der Waals surface area contributed by atoms with Gasteiger partial charge >= 0.3 is 0 Å². The predicted molar refractivity (Wildman–Crippen MR) is 87.6 cm³/mol. The van der Waals surface area contributed by atoms with Crippen LogP contribution in [-0.2, 0) is 17.8 Å². The fourth-order valence-corrected chi connectivity index (χ4v) is 2.61. The molecule has 118 valence electrons. The Morgan fingerprint density at radius 3 is 2.73 bits per heavy atom. The molecule has 0 fully saturated rings. The van der Waals surface area contributed by atoms with Crippen molar-refractivity contribution in [1.29, 1.82) is 0 Å². The monoisotopic (exact) mass is 320 g/mol. The first-order valence-corrected chi connectivity index (χ1v) is 8.13. The predicted octanol–water partition coefficient (Wildman–Crippen LogP) is 2.65. The summed E-state index contributed by atoms with van der Waals surface area (Å²) in [6.07, 6.45) is 1.02. The molecule has 1 aromatic carbocycles. The third kappa shape index (κ3) is 5.20. The Bertz CT molecular complexity index is 641. The number of aryl methyl sites for hydroxylation is 1. The van der Waals surface area contributed by atoms with Gasteiger partial charge in [-0.15, -0.1) is 0 Å². The van der Waals surface area contributed by atoms with Crippen LogP contribution in [0.4, 0.5) is 0 Å². The van der Waals surface area contributed by atoms with Crippen LogP contribution in [0, 0.1) is 0 Å². The van der Waals surface area contributed by atoms with Crippen LogP contribution in [0.15, 0.2) is 40.3 Å². The minimum absolute atomic E-state index is 0.166. The highest BCUT2D eigenvalue weighted by molar-refractivity contribution is 7.99. The van der Waals surface area contributed by atoms with Crippen molar-refractivity contribution < 1.29 is 9.47 Å². The average Bonchev–Trinajstić information content (AvgIpc) is 2.52. The van der Waals surface area contributed by atoms with Crippen LogP contribution in [0.3, 0.4) is 0 Å². The van der Waals surface area contributed by atoms with Gasteiger partial charge in [-0.1, -0.05) is 30.8 Å². The van der Waals surface area contributed by atoms with Gasteiger partial charge in [0, 0.05) is 18.9 Å². The molecule has 6 heteroatoms. The van der Waals surface area contributed by atoms with Gasteiger partial charge in [0.05, 0.1) is 18.9 Å². The molecular formula is C16H20N2O3S. The zero-order valence-corrected chi connectivity index (χ0v) is 13.6. The number of thioether (sulfide) groups is 1. The van der Waals surface area contributed by atoms with E-state index in [4.69, 9.17) is 9.47 Å². The SMILES string of the molecule is CCc1ccc(OCCSc2nc(COC)cc(=O)[nH]2)cc1. The number of aromatic amines is 1. The lowest BCUT2D eigenvalue weighted by Crippen LogP contribution is -2.11. The van der Waals surface area contributed by atoms with E-state index >= 15 is 0 Å². The van der Waals surface area contributed by atoms with Crippen molar-refractivity contribution in [2.45, 2.75) is 25.1 Å². The molecule has 0 atom stereocenters. The molecule has 0 spiro atoms. The zero-order valence-electron chi connectivity index (χ0n) is 12.8. The lowest BCUT2D eigenvalue weighted by atomic mass is 10.2. The largest absolute Gasteiger partial charge is 0.493 e. The van der Waals surface area contributed by atoms with Gasteiger partial charge in [0.25, 0.3) is 5.56 Å². The molecule has 1 heterocycles. The van der Waals surface area contributed by atoms with Crippen molar-refractivity contribution in [3.63, 3.8) is 0 Å². The van der Waals surface area contributed by atoms with Gasteiger partial charge in [0.15, 0.2) is 5.16 Å². The van der Waals surface area contributed by atoms with Crippen molar-refractivity contribution in [1.82, 2.24) is 9.97 Å². The molecule has 0 saturated heterocycles. The average molecular weight is 320 g/mol. The maximum absolute atomic E-state index is 11.5. The Morgan fingerprint density at radius 1 is 1.27 bits per heavy atom. The van der Waals surface area contributed by atoms with Crippen LogP contribution in [0.1, 0.15) is 18.2 Å². The molecule has 22 heavy (non-hydrogen) atoms. The highest BCUT2D eigenvalue weighted by Crippen LogP contribution is 2.15. The number of benzene rings is 1. The van der Waals surface area contributed by atoms with E-state index in [2.05, 4.69) is 29.0 Å². The van der Waals surface area contributed by atoms with Crippen LogP contribution >= 0.6 is 11.8 Å². The number of methoxy groups -OCH3 is 1. The molecule has 0 aliphatic rings. The quantitative estimate of drug-likeness (QED) is 0.460. The van der Waals surface area contributed by atoms with Crippen molar-refractivity contribution >= 4 is 11.8 Å². The van der Waals surface area contributed by atoms with Gasteiger partial charge in [0.2, 0.25) is 0 Å². The van der Waals surface area contributed by atoms with Gasteiger partial charge in [-0.25, -0.2) is 4.98 Å². The standard InChI is InChI=1S/C16H20N2O3S/c1-3-12-4-6-14(7-5-12)21-8-9-22-16-17-13(11-20-2)10-15(19)18-16/h4-7,10H,3,8-9,11H2,1-2H3,(H,17,18,19). The summed E-state index contributed by atoms with van der Waals surface area (Å²) in [6.45, 7) is 3.00. The molecule has 1 N–H and O–H groups in total. The van der Waals surface area contributed by atoms with Gasteiger partial charge in [0.1, 0.15) is 5.75 Å². The summed E-state index contributed by atoms with van der Waals surface area (Å²) in [4.78, 5) is 18.5. The molecule has 0 amide bonds. The van der Waals surface area contributed by atoms with Crippen molar-refractivity contribution in [2.75, 3.05) is 19.5 Å². The molecule has 1 aromatic heterocycles. The fraction of sp³-hybridized carbons (Fsp3) is 0.375. The summed E-state index contributed by atoms with van der Waals surface area (Å²) in [7, 11) is 1.58. The Morgan fingerprint density at radius 2 is 2.05 bits per heavy atom. The second kappa shape index (κ2) is 8.60. The maximum Gasteiger partial charge on any atom is 0.251 e. The number of aromatic nitrogens is 2. The molecule has 0 unspecified atom stereocenters. The third-order valence-electron chi connectivity index (χ3n) is 2.99. The Balaban J connectivity index is 1.81. The van der Waals surface area contributed by atoms with E-state index in [0.717, 1.165) is 12.2 Å². The van der Waals surface area contributed by atoms with E-state index in [-0.39, 0.29) is 5.56 Å². The number of H-pyrrole nitrogens is 1. The highest BCUT2D eigenvalue weighted by Gasteiger charge is 2.02. The van der Waals surface area contributed by atoms with Crippen LogP contribution < -0.4 is 10.3 Å². The summed E-state index contributed by atoms with van der Waals surface area (Å²) < 4.78 is 10.7. The van der Waals surface area contributed by atoms with Crippen molar-refractivity contribution in [2.24, 2.45) is 0 Å². The van der Waals surface area contributed by atoms with Crippen LogP contribution in [-0.4, -0.2) is 29.4 Å². The minimum atomic E-state index is -0.166. The van der Waals surface area contributed by atoms with E-state index in [9.17, 15) is 4.79 Å². The lowest BCUT2D eigenvalue weighted by molar-refractivity contribution is 0.180. The maximum atomic E-state index is 11.5. The number of rotatable bonds is 8. The normalized spacial score (nSPS) is 10.6. The minimum Gasteiger partial charge on any atom is -0.493 e. The zero-order chi connectivity index (χ0) is 15.8. The number of nitrogens with zero attached hydrogens (tertiary/aromatic N) is 1. The van der Waals surface area contributed by atoms with Crippen molar-refractivity contribution in [3.8, 4) is 5.75 Å². The summed E-state index contributed by atoms with van der Waals surface area (Å²) in [5.41, 5.74) is 1.75. The first kappa shape index (κ1) is 16.6. The smallest absolute Gasteiger partial charge is 0.251 e. The topological polar surface area (TPSA) is 64.2 Å². The summed E-state index contributed by atoms with van der Waals surface area (Å²) in [5.74, 6) is 1.56. The molecule has 0 aliphatic carbocycles. The summed E-state index contributed by atoms with van der Waals surface area (Å²) in [5, 5.41) is 0.587. The first-order valence-electron chi connectivity index (χ1n) is 7.15. The lowest BCUT2D eigenvalue weighted by Gasteiger charge is -2.07. The Hall–Kier alpha value is -1.79. The van der Waals surface area contributed by atoms with Crippen LogP contribution in [0.5, 0.6) is 5.75 Å². The second-order valence-corrected chi connectivity index (χ2v) is 5.75. The van der Waals surface area contributed by atoms with E-state index in [0.29, 0.717) is 29.8 Å². The van der Waals surface area contributed by atoms with Crippen molar-refractivity contribution in [3.05, 3.63) is 51.9 Å². The number of hydrogen-bond acceptors (Lipinski definition) is 5. The van der Waals surface area contributed by atoms with E-state index in [1.54, 1.807) is 7.11 Å². The molecule has 0 saturated carbocycles. The molecule has 0 radical (unpaired) electrons. The van der Waals surface area contributed by atoms with Crippen LogP contribution in [0.2, 0.25) is 0 Å². The third-order valence-corrected chi connectivity index (χ3v) is 3.83. The number of hydrogen-bond donors (Lipinski definition) is 1. The Labute approximate surface area is 134 Å². The first-order chi connectivity index (χ1) is 10.7. The van der Waals surface area contributed by atoms with Gasteiger partial charge in [-0.3, -0.25) is 4.79 Å². The van der Waals surface area contributed by atoms with Gasteiger partial charge in [-0.05, 0) is 24.1 Å². The van der Waals surface area contributed by atoms with Gasteiger partial charge < -0.3 is 14.5 Å². The molecule has 0 bridgehead atoms. The van der Waals surface area contributed by atoms with E-state index in [1.807, 2.05) is 12.1 Å². The van der Waals surface area contributed by atoms with Gasteiger partial charge in [-0.2, -0.15) is 0 Å². The molecular weight excluding hydrogens is 300 g/mol. The van der Waals surface area contributed by atoms with E-state index in [1.165, 1.54) is 23.4 Å². The summed E-state index contributed by atoms with van der Waals surface area (Å²) in [6, 6.07) is 9.52. The second-order valence-electron chi connectivity index (χ2n) is 4.67. The number of nitrogens with one attached hydrogen (secondary N) is 1. The Kier molecular flexibility index (Phi) is 6.48. The summed E-state index contributed by atoms with van der Waals surface area (Å²) >= 11 is 1.45.